The molecule has 0 heterocycles. The molecule has 1 aromatic rings. The van der Waals surface area contributed by atoms with Gasteiger partial charge in [-0.15, -0.1) is 0 Å². The molecule has 1 aromatic carbocycles. The van der Waals surface area contributed by atoms with E-state index in [9.17, 15) is 4.79 Å². The Bertz CT molecular complexity index is 418. The number of ether oxygens (including phenoxy) is 1. The molecule has 1 rings (SSSR count). The molecule has 0 aromatic heterocycles. The molecular formula is C14H21ClN2O2. The van der Waals surface area contributed by atoms with Gasteiger partial charge >= 0.3 is 0 Å². The third-order valence-corrected chi connectivity index (χ3v) is 3.07. The molecule has 1 amide bonds. The lowest BCUT2D eigenvalue weighted by atomic mass is 10.1. The minimum atomic E-state index is -0.137. The van der Waals surface area contributed by atoms with Crippen molar-refractivity contribution in [2.45, 2.75) is 25.8 Å². The van der Waals surface area contributed by atoms with Crippen molar-refractivity contribution in [1.82, 2.24) is 5.32 Å². The van der Waals surface area contributed by atoms with E-state index in [2.05, 4.69) is 17.6 Å². The molecule has 0 radical (unpaired) electrons. The monoisotopic (exact) mass is 284 g/mol. The predicted molar refractivity (Wildman–Crippen MR) is 79.0 cm³/mol. The molecule has 0 fully saturated rings. The molecule has 0 saturated heterocycles. The van der Waals surface area contributed by atoms with Crippen molar-refractivity contribution < 1.29 is 9.53 Å². The summed E-state index contributed by atoms with van der Waals surface area (Å²) in [7, 11) is 3.41. The normalized spacial score (nSPS) is 12.0. The number of rotatable bonds is 7. The van der Waals surface area contributed by atoms with Gasteiger partial charge in [0.15, 0.2) is 0 Å². The van der Waals surface area contributed by atoms with E-state index in [1.807, 2.05) is 0 Å². The van der Waals surface area contributed by atoms with Crippen LogP contribution in [0.3, 0.4) is 0 Å². The summed E-state index contributed by atoms with van der Waals surface area (Å²) < 4.78 is 5.12. The number of amides is 1. The van der Waals surface area contributed by atoms with E-state index in [1.54, 1.807) is 32.4 Å². The zero-order valence-corrected chi connectivity index (χ0v) is 12.4. The van der Waals surface area contributed by atoms with Crippen LogP contribution in [0.1, 0.15) is 30.1 Å². The minimum Gasteiger partial charge on any atom is -0.387 e. The topological polar surface area (TPSA) is 50.4 Å². The van der Waals surface area contributed by atoms with E-state index in [0.29, 0.717) is 17.2 Å². The Hall–Kier alpha value is -1.26. The van der Waals surface area contributed by atoms with Gasteiger partial charge in [-0.25, -0.2) is 0 Å². The zero-order chi connectivity index (χ0) is 14.3. The third-order valence-electron chi connectivity index (χ3n) is 2.84. The number of benzene rings is 1. The summed E-state index contributed by atoms with van der Waals surface area (Å²) in [4.78, 5) is 12.3. The molecule has 0 aliphatic carbocycles. The summed E-state index contributed by atoms with van der Waals surface area (Å²) >= 11 is 5.94. The summed E-state index contributed by atoms with van der Waals surface area (Å²) in [5.41, 5.74) is 1.31. The fourth-order valence-electron chi connectivity index (χ4n) is 1.93. The largest absolute Gasteiger partial charge is 0.387 e. The van der Waals surface area contributed by atoms with Gasteiger partial charge in [0.1, 0.15) is 0 Å². The van der Waals surface area contributed by atoms with Crippen LogP contribution in [0.25, 0.3) is 0 Å². The van der Waals surface area contributed by atoms with Gasteiger partial charge < -0.3 is 15.4 Å². The van der Waals surface area contributed by atoms with Crippen molar-refractivity contribution in [1.29, 1.82) is 0 Å². The smallest absolute Gasteiger partial charge is 0.253 e. The highest BCUT2D eigenvalue weighted by molar-refractivity contribution is 6.31. The Labute approximate surface area is 119 Å². The van der Waals surface area contributed by atoms with E-state index in [1.165, 1.54) is 0 Å². The lowest BCUT2D eigenvalue weighted by Gasteiger charge is -2.18. The average molecular weight is 285 g/mol. The van der Waals surface area contributed by atoms with E-state index >= 15 is 0 Å². The maximum absolute atomic E-state index is 12.3. The second kappa shape index (κ2) is 8.02. The molecule has 0 spiro atoms. The lowest BCUT2D eigenvalue weighted by molar-refractivity contribution is 0.0892. The number of halogens is 1. The highest BCUT2D eigenvalue weighted by Gasteiger charge is 2.16. The molecule has 4 nitrogen and oxygen atoms in total. The van der Waals surface area contributed by atoms with Gasteiger partial charge in [0.25, 0.3) is 5.91 Å². The minimum absolute atomic E-state index is 0.0196. The Morgan fingerprint density at radius 1 is 1.47 bits per heavy atom. The van der Waals surface area contributed by atoms with Gasteiger partial charge in [-0.3, -0.25) is 4.79 Å². The molecule has 0 aliphatic rings. The summed E-state index contributed by atoms with van der Waals surface area (Å²) in [5.74, 6) is -0.137. The zero-order valence-electron chi connectivity index (χ0n) is 11.6. The molecule has 0 bridgehead atoms. The number of carbonyl (C=O) groups excluding carboxylic acids is 1. The van der Waals surface area contributed by atoms with Crippen molar-refractivity contribution in [2.24, 2.45) is 0 Å². The molecule has 5 heteroatoms. The Morgan fingerprint density at radius 2 is 2.21 bits per heavy atom. The second-order valence-corrected chi connectivity index (χ2v) is 4.79. The maximum Gasteiger partial charge on any atom is 0.253 e. The molecule has 19 heavy (non-hydrogen) atoms. The Balaban J connectivity index is 2.83. The molecule has 2 N–H and O–H groups in total. The molecule has 106 valence electrons. The van der Waals surface area contributed by atoms with Gasteiger partial charge in [-0.2, -0.15) is 0 Å². The Morgan fingerprint density at radius 3 is 2.79 bits per heavy atom. The van der Waals surface area contributed by atoms with E-state index in [0.717, 1.165) is 18.5 Å². The first-order valence-electron chi connectivity index (χ1n) is 6.39. The fourth-order valence-corrected chi connectivity index (χ4v) is 2.10. The molecule has 0 saturated carbocycles. The highest BCUT2D eigenvalue weighted by Crippen LogP contribution is 2.20. The first kappa shape index (κ1) is 15.8. The molecular weight excluding hydrogens is 264 g/mol. The summed E-state index contributed by atoms with van der Waals surface area (Å²) in [6.07, 6.45) is 1.87. The highest BCUT2D eigenvalue weighted by atomic mass is 35.5. The van der Waals surface area contributed by atoms with Crippen molar-refractivity contribution in [3.05, 3.63) is 28.8 Å². The van der Waals surface area contributed by atoms with Crippen LogP contribution in [0, 0.1) is 0 Å². The van der Waals surface area contributed by atoms with Crippen LogP contribution in [0.2, 0.25) is 5.02 Å². The van der Waals surface area contributed by atoms with E-state index in [4.69, 9.17) is 16.3 Å². The number of carbonyl (C=O) groups is 1. The van der Waals surface area contributed by atoms with Crippen molar-refractivity contribution >= 4 is 23.2 Å². The standard InChI is InChI=1S/C14H21ClN2O2/c1-4-5-11(9-19-3)17-14(18)12-8-10(15)6-7-13(12)16-2/h6-8,11,16H,4-5,9H2,1-3H3,(H,17,18). The summed E-state index contributed by atoms with van der Waals surface area (Å²) in [6.45, 7) is 2.59. The number of hydrogen-bond acceptors (Lipinski definition) is 3. The summed E-state index contributed by atoms with van der Waals surface area (Å²) in [5, 5.41) is 6.51. The van der Waals surface area contributed by atoms with Crippen molar-refractivity contribution in [2.75, 3.05) is 26.1 Å². The second-order valence-electron chi connectivity index (χ2n) is 4.35. The number of nitrogens with one attached hydrogen (secondary N) is 2. The quantitative estimate of drug-likeness (QED) is 0.809. The van der Waals surface area contributed by atoms with Gasteiger partial charge in [-0.1, -0.05) is 24.9 Å². The average Bonchev–Trinajstić information content (AvgIpc) is 2.39. The van der Waals surface area contributed by atoms with Gasteiger partial charge in [0.05, 0.1) is 18.2 Å². The van der Waals surface area contributed by atoms with Gasteiger partial charge in [-0.05, 0) is 24.6 Å². The van der Waals surface area contributed by atoms with E-state index in [-0.39, 0.29) is 11.9 Å². The van der Waals surface area contributed by atoms with Crippen LogP contribution in [0.4, 0.5) is 5.69 Å². The predicted octanol–water partition coefficient (Wildman–Crippen LogP) is 2.93. The van der Waals surface area contributed by atoms with Crippen molar-refractivity contribution in [3.63, 3.8) is 0 Å². The van der Waals surface area contributed by atoms with E-state index < -0.39 is 0 Å². The molecule has 1 unspecified atom stereocenters. The van der Waals surface area contributed by atoms with Crippen LogP contribution in [0.5, 0.6) is 0 Å². The SMILES string of the molecule is CCCC(COC)NC(=O)c1cc(Cl)ccc1NC. The van der Waals surface area contributed by atoms with Gasteiger partial charge in [0, 0.05) is 24.9 Å². The van der Waals surface area contributed by atoms with Gasteiger partial charge in [0.2, 0.25) is 0 Å². The molecule has 0 aliphatic heterocycles. The van der Waals surface area contributed by atoms with Crippen LogP contribution < -0.4 is 10.6 Å². The first-order valence-corrected chi connectivity index (χ1v) is 6.77. The maximum atomic E-state index is 12.3. The number of anilines is 1. The molecule has 1 atom stereocenters. The van der Waals surface area contributed by atoms with Crippen LogP contribution >= 0.6 is 11.6 Å². The van der Waals surface area contributed by atoms with Crippen molar-refractivity contribution in [3.8, 4) is 0 Å². The third kappa shape index (κ3) is 4.73. The summed E-state index contributed by atoms with van der Waals surface area (Å²) in [6, 6.07) is 5.23. The van der Waals surface area contributed by atoms with Crippen LogP contribution in [0.15, 0.2) is 18.2 Å². The van der Waals surface area contributed by atoms with Crippen LogP contribution in [-0.4, -0.2) is 32.7 Å². The number of hydrogen-bond donors (Lipinski definition) is 2. The fraction of sp³-hybridized carbons (Fsp3) is 0.500. The lowest BCUT2D eigenvalue weighted by Crippen LogP contribution is -2.38. The first-order chi connectivity index (χ1) is 9.12. The number of methoxy groups -OCH3 is 1. The Kier molecular flexibility index (Phi) is 6.67. The van der Waals surface area contributed by atoms with Crippen LogP contribution in [-0.2, 0) is 4.74 Å².